The lowest BCUT2D eigenvalue weighted by Gasteiger charge is -2.11. The average Bonchev–Trinajstić information content (AvgIpc) is 2.91. The predicted molar refractivity (Wildman–Crippen MR) is 75.8 cm³/mol. The Kier molecular flexibility index (Phi) is 4.68. The molecule has 0 aliphatic carbocycles. The van der Waals surface area contributed by atoms with Crippen LogP contribution in [0.25, 0.3) is 0 Å². The second kappa shape index (κ2) is 6.47. The summed E-state index contributed by atoms with van der Waals surface area (Å²) in [5, 5.41) is 17.1. The number of amides is 1. The molecule has 1 aliphatic rings. The normalized spacial score (nSPS) is 17.9. The van der Waals surface area contributed by atoms with E-state index in [2.05, 4.69) is 10.6 Å². The van der Waals surface area contributed by atoms with Crippen molar-refractivity contribution in [2.75, 3.05) is 13.1 Å². The van der Waals surface area contributed by atoms with Gasteiger partial charge in [-0.2, -0.15) is 0 Å². The zero-order chi connectivity index (χ0) is 14.5. The smallest absolute Gasteiger partial charge is 0.282 e. The van der Waals surface area contributed by atoms with Gasteiger partial charge in [-0.15, -0.1) is 0 Å². The van der Waals surface area contributed by atoms with Crippen LogP contribution in [0.3, 0.4) is 0 Å². The van der Waals surface area contributed by atoms with Crippen molar-refractivity contribution in [1.29, 1.82) is 0 Å². The third kappa shape index (κ3) is 3.33. The Morgan fingerprint density at radius 1 is 1.55 bits per heavy atom. The monoisotopic (exact) mass is 277 g/mol. The van der Waals surface area contributed by atoms with Crippen LogP contribution in [0.2, 0.25) is 0 Å². The minimum absolute atomic E-state index is 0.138. The number of nitro benzene ring substituents is 1. The lowest BCUT2D eigenvalue weighted by atomic mass is 10.1. The summed E-state index contributed by atoms with van der Waals surface area (Å²) in [7, 11) is 0. The first-order valence-electron chi connectivity index (χ1n) is 6.85. The van der Waals surface area contributed by atoms with Crippen LogP contribution in [-0.2, 0) is 0 Å². The molecule has 0 spiro atoms. The molecule has 2 N–H and O–H groups in total. The van der Waals surface area contributed by atoms with Crippen molar-refractivity contribution in [2.24, 2.45) is 0 Å². The van der Waals surface area contributed by atoms with Gasteiger partial charge >= 0.3 is 0 Å². The van der Waals surface area contributed by atoms with E-state index in [9.17, 15) is 14.9 Å². The summed E-state index contributed by atoms with van der Waals surface area (Å²) in [6.07, 6.45) is 3.15. The van der Waals surface area contributed by atoms with Crippen molar-refractivity contribution in [3.63, 3.8) is 0 Å². The van der Waals surface area contributed by atoms with Gasteiger partial charge in [0.05, 0.1) is 4.92 Å². The fourth-order valence-corrected chi connectivity index (χ4v) is 2.55. The maximum absolute atomic E-state index is 12.1. The highest BCUT2D eigenvalue weighted by Gasteiger charge is 2.22. The average molecular weight is 277 g/mol. The maximum atomic E-state index is 12.1. The fraction of sp³-hybridized carbons (Fsp3) is 0.500. The van der Waals surface area contributed by atoms with E-state index in [1.807, 2.05) is 0 Å². The Morgan fingerprint density at radius 3 is 3.00 bits per heavy atom. The van der Waals surface area contributed by atoms with Gasteiger partial charge < -0.3 is 10.6 Å². The van der Waals surface area contributed by atoms with E-state index in [-0.39, 0.29) is 17.2 Å². The number of nitro groups is 1. The Balaban J connectivity index is 1.99. The number of rotatable bonds is 5. The molecule has 0 unspecified atom stereocenters. The highest BCUT2D eigenvalue weighted by atomic mass is 16.6. The number of hydrogen-bond donors (Lipinski definition) is 2. The summed E-state index contributed by atoms with van der Waals surface area (Å²) < 4.78 is 0. The summed E-state index contributed by atoms with van der Waals surface area (Å²) in [5.41, 5.74) is 0.647. The van der Waals surface area contributed by atoms with E-state index in [0.717, 1.165) is 19.4 Å². The van der Waals surface area contributed by atoms with Crippen LogP contribution in [0.15, 0.2) is 18.2 Å². The van der Waals surface area contributed by atoms with Gasteiger partial charge in [0.2, 0.25) is 0 Å². The van der Waals surface area contributed by atoms with Crippen molar-refractivity contribution < 1.29 is 9.72 Å². The first-order valence-corrected chi connectivity index (χ1v) is 6.85. The number of aryl methyl sites for hydroxylation is 1. The van der Waals surface area contributed by atoms with Crippen LogP contribution in [0.5, 0.6) is 0 Å². The highest BCUT2D eigenvalue weighted by Crippen LogP contribution is 2.21. The van der Waals surface area contributed by atoms with E-state index in [4.69, 9.17) is 0 Å². The third-order valence-corrected chi connectivity index (χ3v) is 3.62. The van der Waals surface area contributed by atoms with Crippen LogP contribution >= 0.6 is 0 Å². The van der Waals surface area contributed by atoms with Crippen LogP contribution in [-0.4, -0.2) is 30.0 Å². The first kappa shape index (κ1) is 14.5. The van der Waals surface area contributed by atoms with Crippen LogP contribution in [0, 0.1) is 17.0 Å². The van der Waals surface area contributed by atoms with Gasteiger partial charge in [-0.3, -0.25) is 14.9 Å². The molecular weight excluding hydrogens is 258 g/mol. The van der Waals surface area contributed by atoms with Gasteiger partial charge in [0.1, 0.15) is 5.56 Å². The second-order valence-electron chi connectivity index (χ2n) is 5.06. The first-order chi connectivity index (χ1) is 9.59. The van der Waals surface area contributed by atoms with Crippen molar-refractivity contribution >= 4 is 11.6 Å². The van der Waals surface area contributed by atoms with Crippen LogP contribution in [0.4, 0.5) is 5.69 Å². The molecule has 1 fully saturated rings. The topological polar surface area (TPSA) is 84.3 Å². The van der Waals surface area contributed by atoms with Crippen molar-refractivity contribution in [1.82, 2.24) is 10.6 Å². The molecule has 20 heavy (non-hydrogen) atoms. The summed E-state index contributed by atoms with van der Waals surface area (Å²) in [4.78, 5) is 22.6. The van der Waals surface area contributed by atoms with E-state index in [0.29, 0.717) is 18.2 Å². The van der Waals surface area contributed by atoms with Crippen LogP contribution < -0.4 is 10.6 Å². The molecule has 0 aromatic heterocycles. The minimum Gasteiger partial charge on any atom is -0.352 e. The molecule has 0 saturated carbocycles. The minimum atomic E-state index is -0.513. The molecule has 1 amide bonds. The molecule has 1 aromatic rings. The fourth-order valence-electron chi connectivity index (χ4n) is 2.55. The number of benzene rings is 1. The molecule has 1 atom stereocenters. The Labute approximate surface area is 117 Å². The number of nitrogens with one attached hydrogen (secondary N) is 2. The Bertz CT molecular complexity index is 510. The summed E-state index contributed by atoms with van der Waals surface area (Å²) in [6, 6.07) is 5.11. The Hall–Kier alpha value is -1.95. The molecule has 6 nitrogen and oxygen atoms in total. The molecule has 1 saturated heterocycles. The molecule has 0 radical (unpaired) electrons. The molecule has 1 heterocycles. The van der Waals surface area contributed by atoms with Gasteiger partial charge in [-0.1, -0.05) is 12.1 Å². The van der Waals surface area contributed by atoms with Gasteiger partial charge in [0.15, 0.2) is 0 Å². The van der Waals surface area contributed by atoms with Crippen molar-refractivity contribution in [2.45, 2.75) is 32.2 Å². The van der Waals surface area contributed by atoms with E-state index >= 15 is 0 Å². The third-order valence-electron chi connectivity index (χ3n) is 3.62. The lowest BCUT2D eigenvalue weighted by Crippen LogP contribution is -2.31. The standard InChI is InChI=1S/C14H19N3O3/c1-10-4-2-6-12(17(19)20)13(10)14(18)16-9-7-11-5-3-8-15-11/h2,4,6,11,15H,3,5,7-9H2,1H3,(H,16,18)/t11-/m0/s1. The largest absolute Gasteiger partial charge is 0.352 e. The number of carbonyl (C=O) groups excluding carboxylic acids is 1. The van der Waals surface area contributed by atoms with E-state index in [1.54, 1.807) is 19.1 Å². The number of nitrogens with zero attached hydrogens (tertiary/aromatic N) is 1. The van der Waals surface area contributed by atoms with Gasteiger partial charge in [-0.25, -0.2) is 0 Å². The Morgan fingerprint density at radius 2 is 2.35 bits per heavy atom. The maximum Gasteiger partial charge on any atom is 0.282 e. The van der Waals surface area contributed by atoms with Gasteiger partial charge in [0.25, 0.3) is 11.6 Å². The molecule has 2 rings (SSSR count). The molecule has 0 bridgehead atoms. The number of hydrogen-bond acceptors (Lipinski definition) is 4. The second-order valence-corrected chi connectivity index (χ2v) is 5.06. The molecule has 1 aliphatic heterocycles. The van der Waals surface area contributed by atoms with Gasteiger partial charge in [-0.05, 0) is 38.3 Å². The van der Waals surface area contributed by atoms with E-state index < -0.39 is 4.92 Å². The van der Waals surface area contributed by atoms with E-state index in [1.165, 1.54) is 12.5 Å². The van der Waals surface area contributed by atoms with Crippen molar-refractivity contribution in [3.8, 4) is 0 Å². The lowest BCUT2D eigenvalue weighted by molar-refractivity contribution is -0.385. The zero-order valence-electron chi connectivity index (χ0n) is 11.5. The van der Waals surface area contributed by atoms with Gasteiger partial charge in [0, 0.05) is 18.7 Å². The summed E-state index contributed by atoms with van der Waals surface area (Å²) in [5.74, 6) is -0.368. The SMILES string of the molecule is Cc1cccc([N+](=O)[O-])c1C(=O)NCC[C@@H]1CCCN1. The van der Waals surface area contributed by atoms with Crippen LogP contribution in [0.1, 0.15) is 35.2 Å². The summed E-state index contributed by atoms with van der Waals surface area (Å²) in [6.45, 7) is 3.27. The molecule has 108 valence electrons. The molecular formula is C14H19N3O3. The zero-order valence-corrected chi connectivity index (χ0v) is 11.5. The molecule has 6 heteroatoms. The number of carbonyl (C=O) groups is 1. The molecule has 1 aromatic carbocycles. The van der Waals surface area contributed by atoms with Crippen molar-refractivity contribution in [3.05, 3.63) is 39.4 Å². The highest BCUT2D eigenvalue weighted by molar-refractivity contribution is 5.99. The quantitative estimate of drug-likeness (QED) is 0.634. The predicted octanol–water partition coefficient (Wildman–Crippen LogP) is 1.78. The summed E-state index contributed by atoms with van der Waals surface area (Å²) >= 11 is 0.